The SMILES string of the molecule is C=CCn1c(-c2sc(NC(=O)CCc3ccc(-c4ccccc4)o3)nc2C)n[nH]c1=S. The fourth-order valence-electron chi connectivity index (χ4n) is 3.14. The van der Waals surface area contributed by atoms with Crippen molar-refractivity contribution >= 4 is 34.6 Å². The van der Waals surface area contributed by atoms with Gasteiger partial charge in [-0.3, -0.25) is 14.5 Å². The van der Waals surface area contributed by atoms with Crippen molar-refractivity contribution in [2.45, 2.75) is 26.3 Å². The van der Waals surface area contributed by atoms with Gasteiger partial charge in [-0.05, 0) is 31.3 Å². The number of nitrogens with zero attached hydrogens (tertiary/aromatic N) is 3. The third-order valence-corrected chi connectivity index (χ3v) is 6.01. The van der Waals surface area contributed by atoms with Crippen molar-refractivity contribution in [3.05, 3.63) is 71.3 Å². The summed E-state index contributed by atoms with van der Waals surface area (Å²) in [4.78, 5) is 17.8. The summed E-state index contributed by atoms with van der Waals surface area (Å²) in [6.45, 7) is 6.18. The Kier molecular flexibility index (Phi) is 6.24. The van der Waals surface area contributed by atoms with Crippen molar-refractivity contribution in [1.82, 2.24) is 19.7 Å². The van der Waals surface area contributed by atoms with Crippen LogP contribution in [0.25, 0.3) is 22.0 Å². The van der Waals surface area contributed by atoms with Gasteiger partial charge < -0.3 is 9.73 Å². The molecule has 0 spiro atoms. The molecule has 0 saturated heterocycles. The minimum atomic E-state index is -0.122. The van der Waals surface area contributed by atoms with Crippen LogP contribution in [0.3, 0.4) is 0 Å². The fraction of sp³-hybridized carbons (Fsp3) is 0.182. The zero-order chi connectivity index (χ0) is 21.8. The van der Waals surface area contributed by atoms with E-state index in [9.17, 15) is 4.79 Å². The van der Waals surface area contributed by atoms with Gasteiger partial charge in [-0.15, -0.1) is 6.58 Å². The Morgan fingerprint density at radius 3 is 2.90 bits per heavy atom. The summed E-state index contributed by atoms with van der Waals surface area (Å²) in [5.74, 6) is 2.13. The van der Waals surface area contributed by atoms with E-state index in [-0.39, 0.29) is 5.91 Å². The normalized spacial score (nSPS) is 10.9. The molecule has 2 N–H and O–H groups in total. The van der Waals surface area contributed by atoms with Gasteiger partial charge in [0.05, 0.1) is 10.6 Å². The van der Waals surface area contributed by atoms with E-state index in [2.05, 4.69) is 27.1 Å². The van der Waals surface area contributed by atoms with Gasteiger partial charge in [-0.1, -0.05) is 47.7 Å². The average Bonchev–Trinajstić information content (AvgIpc) is 3.47. The molecule has 0 aliphatic rings. The first-order valence-corrected chi connectivity index (χ1v) is 11.0. The molecule has 0 aliphatic heterocycles. The first-order valence-electron chi connectivity index (χ1n) is 9.73. The summed E-state index contributed by atoms with van der Waals surface area (Å²) in [6.07, 6.45) is 2.56. The Balaban J connectivity index is 1.40. The topological polar surface area (TPSA) is 88.7 Å². The van der Waals surface area contributed by atoms with Crippen molar-refractivity contribution in [2.24, 2.45) is 0 Å². The zero-order valence-corrected chi connectivity index (χ0v) is 18.6. The number of aromatic amines is 1. The Morgan fingerprint density at radius 2 is 2.13 bits per heavy atom. The molecule has 1 amide bonds. The largest absolute Gasteiger partial charge is 0.461 e. The molecule has 158 valence electrons. The summed E-state index contributed by atoms with van der Waals surface area (Å²) >= 11 is 6.64. The van der Waals surface area contributed by atoms with Crippen molar-refractivity contribution in [3.63, 3.8) is 0 Å². The Bertz CT molecular complexity index is 1270. The lowest BCUT2D eigenvalue weighted by atomic mass is 10.2. The minimum Gasteiger partial charge on any atom is -0.461 e. The molecule has 0 saturated carbocycles. The Morgan fingerprint density at radius 1 is 1.32 bits per heavy atom. The van der Waals surface area contributed by atoms with Gasteiger partial charge in [-0.2, -0.15) is 5.10 Å². The number of nitrogens with one attached hydrogen (secondary N) is 2. The lowest BCUT2D eigenvalue weighted by Gasteiger charge is -2.01. The average molecular weight is 452 g/mol. The van der Waals surface area contributed by atoms with E-state index in [1.807, 2.05) is 54.0 Å². The number of thiazole rings is 1. The van der Waals surface area contributed by atoms with Crippen LogP contribution in [0.15, 0.2) is 59.5 Å². The zero-order valence-electron chi connectivity index (χ0n) is 16.9. The lowest BCUT2D eigenvalue weighted by molar-refractivity contribution is -0.116. The first-order chi connectivity index (χ1) is 15.0. The summed E-state index contributed by atoms with van der Waals surface area (Å²) in [5.41, 5.74) is 1.79. The molecule has 0 unspecified atom stereocenters. The molecule has 0 radical (unpaired) electrons. The standard InChI is InChI=1S/C22H21N5O2S2/c1-3-13-27-20(25-26-22(27)30)19-14(2)23-21(31-19)24-18(28)12-10-16-9-11-17(29-16)15-7-5-4-6-8-15/h3-9,11H,1,10,12-13H2,2H3,(H,26,30)(H,23,24,28). The predicted molar refractivity (Wildman–Crippen MR) is 125 cm³/mol. The number of H-pyrrole nitrogens is 1. The van der Waals surface area contributed by atoms with Crippen molar-refractivity contribution in [3.8, 4) is 22.0 Å². The second kappa shape index (κ2) is 9.23. The number of rotatable bonds is 8. The van der Waals surface area contributed by atoms with Gasteiger partial charge in [0.2, 0.25) is 5.91 Å². The van der Waals surface area contributed by atoms with Crippen LogP contribution in [0.4, 0.5) is 5.13 Å². The van der Waals surface area contributed by atoms with Crippen molar-refractivity contribution in [2.75, 3.05) is 5.32 Å². The molecule has 4 rings (SSSR count). The van der Waals surface area contributed by atoms with Crippen LogP contribution < -0.4 is 5.32 Å². The van der Waals surface area contributed by atoms with Crippen molar-refractivity contribution in [1.29, 1.82) is 0 Å². The fourth-order valence-corrected chi connectivity index (χ4v) is 4.32. The number of furan rings is 1. The molecule has 0 aliphatic carbocycles. The van der Waals surface area contributed by atoms with Crippen LogP contribution in [-0.4, -0.2) is 25.7 Å². The monoisotopic (exact) mass is 451 g/mol. The molecule has 0 fully saturated rings. The summed E-state index contributed by atoms with van der Waals surface area (Å²) in [5, 5.41) is 10.5. The van der Waals surface area contributed by atoms with Gasteiger partial charge >= 0.3 is 0 Å². The minimum absolute atomic E-state index is 0.122. The van der Waals surface area contributed by atoms with E-state index in [1.54, 1.807) is 6.08 Å². The third-order valence-electron chi connectivity index (χ3n) is 4.63. The van der Waals surface area contributed by atoms with Gasteiger partial charge in [0.25, 0.3) is 0 Å². The number of benzene rings is 1. The highest BCUT2D eigenvalue weighted by atomic mass is 32.1. The molecule has 31 heavy (non-hydrogen) atoms. The highest BCUT2D eigenvalue weighted by Crippen LogP contribution is 2.32. The van der Waals surface area contributed by atoms with Gasteiger partial charge in [-0.25, -0.2) is 4.98 Å². The molecule has 1 aromatic carbocycles. The number of aromatic nitrogens is 4. The van der Waals surface area contributed by atoms with Crippen LogP contribution in [0.5, 0.6) is 0 Å². The lowest BCUT2D eigenvalue weighted by Crippen LogP contribution is -2.11. The van der Waals surface area contributed by atoms with Crippen LogP contribution in [0, 0.1) is 11.7 Å². The van der Waals surface area contributed by atoms with Gasteiger partial charge in [0.1, 0.15) is 11.5 Å². The summed E-state index contributed by atoms with van der Waals surface area (Å²) in [7, 11) is 0. The molecule has 3 aromatic heterocycles. The van der Waals surface area contributed by atoms with Crippen LogP contribution in [-0.2, 0) is 17.8 Å². The predicted octanol–water partition coefficient (Wildman–Crippen LogP) is 5.39. The molecule has 0 bridgehead atoms. The maximum Gasteiger partial charge on any atom is 0.226 e. The number of allylic oxidation sites excluding steroid dienone is 1. The van der Waals surface area contributed by atoms with E-state index >= 15 is 0 Å². The summed E-state index contributed by atoms with van der Waals surface area (Å²) < 4.78 is 8.22. The van der Waals surface area contributed by atoms with Crippen LogP contribution in [0.1, 0.15) is 17.9 Å². The maximum atomic E-state index is 12.5. The van der Waals surface area contributed by atoms with Crippen LogP contribution in [0.2, 0.25) is 0 Å². The van der Waals surface area contributed by atoms with E-state index in [0.29, 0.717) is 35.1 Å². The van der Waals surface area contributed by atoms with Gasteiger partial charge in [0.15, 0.2) is 15.7 Å². The molecule has 7 nitrogen and oxygen atoms in total. The molecular formula is C22H21N5O2S2. The maximum absolute atomic E-state index is 12.5. The number of amides is 1. The molecule has 9 heteroatoms. The van der Waals surface area contributed by atoms with E-state index in [4.69, 9.17) is 16.6 Å². The van der Waals surface area contributed by atoms with E-state index < -0.39 is 0 Å². The van der Waals surface area contributed by atoms with Crippen molar-refractivity contribution < 1.29 is 9.21 Å². The molecule has 0 atom stereocenters. The second-order valence-electron chi connectivity index (χ2n) is 6.87. The smallest absolute Gasteiger partial charge is 0.226 e. The highest BCUT2D eigenvalue weighted by molar-refractivity contribution is 7.71. The number of anilines is 1. The number of aryl methyl sites for hydroxylation is 2. The second-order valence-corrected chi connectivity index (χ2v) is 8.25. The summed E-state index contributed by atoms with van der Waals surface area (Å²) in [6, 6.07) is 13.7. The molecule has 4 aromatic rings. The number of carbonyl (C=O) groups is 1. The quantitative estimate of drug-likeness (QED) is 0.277. The Labute approximate surface area is 188 Å². The third kappa shape index (κ3) is 4.73. The first kappa shape index (κ1) is 21.0. The molecular weight excluding hydrogens is 430 g/mol. The number of hydrogen-bond donors (Lipinski definition) is 2. The number of carbonyl (C=O) groups excluding carboxylic acids is 1. The van der Waals surface area contributed by atoms with Gasteiger partial charge in [0, 0.05) is 24.9 Å². The Hall–Kier alpha value is -3.30. The number of hydrogen-bond acceptors (Lipinski definition) is 6. The van der Waals surface area contributed by atoms with E-state index in [0.717, 1.165) is 27.7 Å². The van der Waals surface area contributed by atoms with Crippen LogP contribution >= 0.6 is 23.6 Å². The van der Waals surface area contributed by atoms with E-state index in [1.165, 1.54) is 11.3 Å². The molecule has 3 heterocycles. The highest BCUT2D eigenvalue weighted by Gasteiger charge is 2.17.